The molecule has 0 saturated carbocycles. The lowest BCUT2D eigenvalue weighted by Crippen LogP contribution is -2.45. The summed E-state index contributed by atoms with van der Waals surface area (Å²) in [6.07, 6.45) is 2.31. The minimum atomic E-state index is 0. The quantitative estimate of drug-likeness (QED) is 0.922. The third kappa shape index (κ3) is 5.08. The highest BCUT2D eigenvalue weighted by Crippen LogP contribution is 2.18. The number of nitrogens with zero attached hydrogens (tertiary/aromatic N) is 1. The van der Waals surface area contributed by atoms with E-state index < -0.39 is 0 Å². The van der Waals surface area contributed by atoms with Gasteiger partial charge in [0.1, 0.15) is 0 Å². The minimum Gasteiger partial charge on any atom is -0.327 e. The lowest BCUT2D eigenvalue weighted by atomic mass is 9.94. The molecule has 0 bridgehead atoms. The highest BCUT2D eigenvalue weighted by Gasteiger charge is 2.22. The van der Waals surface area contributed by atoms with Crippen LogP contribution in [0.4, 0.5) is 0 Å². The lowest BCUT2D eigenvalue weighted by Gasteiger charge is -2.35. The first kappa shape index (κ1) is 17.5. The summed E-state index contributed by atoms with van der Waals surface area (Å²) in [7, 11) is 0. The van der Waals surface area contributed by atoms with Gasteiger partial charge in [-0.05, 0) is 42.3 Å². The third-order valence-corrected chi connectivity index (χ3v) is 4.13. The van der Waals surface area contributed by atoms with Gasteiger partial charge in [-0.1, -0.05) is 45.0 Å². The van der Waals surface area contributed by atoms with Crippen molar-refractivity contribution >= 4 is 12.4 Å². The van der Waals surface area contributed by atoms with Crippen LogP contribution < -0.4 is 5.73 Å². The maximum absolute atomic E-state index is 6.07. The van der Waals surface area contributed by atoms with Crippen molar-refractivity contribution in [2.45, 2.75) is 46.2 Å². The molecule has 20 heavy (non-hydrogen) atoms. The van der Waals surface area contributed by atoms with E-state index in [1.165, 1.54) is 17.5 Å². The largest absolute Gasteiger partial charge is 0.327 e. The Balaban J connectivity index is 0.00000200. The van der Waals surface area contributed by atoms with Crippen LogP contribution in [0.1, 0.15) is 38.3 Å². The van der Waals surface area contributed by atoms with Gasteiger partial charge in [-0.25, -0.2) is 0 Å². The summed E-state index contributed by atoms with van der Waals surface area (Å²) >= 11 is 0. The van der Waals surface area contributed by atoms with Gasteiger partial charge < -0.3 is 5.73 Å². The first-order valence-corrected chi connectivity index (χ1v) is 7.60. The molecule has 0 aromatic heterocycles. The van der Waals surface area contributed by atoms with Crippen molar-refractivity contribution in [1.82, 2.24) is 4.90 Å². The Morgan fingerprint density at radius 3 is 2.35 bits per heavy atom. The number of rotatable bonds is 4. The fourth-order valence-corrected chi connectivity index (χ4v) is 2.90. The van der Waals surface area contributed by atoms with E-state index in [0.29, 0.717) is 12.0 Å². The molecule has 3 heteroatoms. The maximum Gasteiger partial charge on any atom is 0.0233 e. The van der Waals surface area contributed by atoms with Crippen molar-refractivity contribution in [3.05, 3.63) is 35.4 Å². The Kier molecular flexibility index (Phi) is 7.01. The van der Waals surface area contributed by atoms with Gasteiger partial charge in [0.25, 0.3) is 0 Å². The van der Waals surface area contributed by atoms with Gasteiger partial charge in [0.05, 0.1) is 0 Å². The van der Waals surface area contributed by atoms with Gasteiger partial charge in [-0.2, -0.15) is 0 Å². The Morgan fingerprint density at radius 1 is 1.20 bits per heavy atom. The Hall–Kier alpha value is -0.570. The highest BCUT2D eigenvalue weighted by atomic mass is 35.5. The molecular formula is C17H29ClN2. The molecule has 114 valence electrons. The van der Waals surface area contributed by atoms with Crippen molar-refractivity contribution in [2.24, 2.45) is 17.6 Å². The van der Waals surface area contributed by atoms with Gasteiger partial charge in [-0.3, -0.25) is 4.90 Å². The first-order valence-electron chi connectivity index (χ1n) is 7.60. The fraction of sp³-hybridized carbons (Fsp3) is 0.647. The summed E-state index contributed by atoms with van der Waals surface area (Å²) in [5.74, 6) is 1.35. The number of halogens is 1. The molecule has 2 N–H and O–H groups in total. The monoisotopic (exact) mass is 296 g/mol. The molecule has 1 heterocycles. The van der Waals surface area contributed by atoms with E-state index in [0.717, 1.165) is 32.0 Å². The fourth-order valence-electron chi connectivity index (χ4n) is 2.90. The molecule has 0 aliphatic carbocycles. The summed E-state index contributed by atoms with van der Waals surface area (Å²) in [4.78, 5) is 2.53. The normalized spacial score (nSPS) is 23.6. The molecule has 1 aromatic rings. The smallest absolute Gasteiger partial charge is 0.0233 e. The van der Waals surface area contributed by atoms with E-state index in [9.17, 15) is 0 Å². The number of likely N-dealkylation sites (tertiary alicyclic amines) is 1. The minimum absolute atomic E-state index is 0. The molecule has 2 rings (SSSR count). The van der Waals surface area contributed by atoms with Crippen LogP contribution in [0, 0.1) is 11.8 Å². The summed E-state index contributed by atoms with van der Waals surface area (Å²) in [5, 5.41) is 0. The van der Waals surface area contributed by atoms with Crippen molar-refractivity contribution in [1.29, 1.82) is 0 Å². The topological polar surface area (TPSA) is 29.3 Å². The molecule has 1 aliphatic rings. The van der Waals surface area contributed by atoms with E-state index in [1.807, 2.05) is 0 Å². The maximum atomic E-state index is 6.07. The second kappa shape index (κ2) is 8.02. The van der Waals surface area contributed by atoms with Gasteiger partial charge in [0.2, 0.25) is 0 Å². The Labute approximate surface area is 130 Å². The van der Waals surface area contributed by atoms with Gasteiger partial charge in [-0.15, -0.1) is 12.4 Å². The number of hydrogen-bond donors (Lipinski definition) is 1. The average Bonchev–Trinajstić information content (AvgIpc) is 2.36. The molecule has 1 aliphatic heterocycles. The number of nitrogens with two attached hydrogens (primary N) is 1. The number of benzene rings is 1. The van der Waals surface area contributed by atoms with Crippen LogP contribution in [0.3, 0.4) is 0 Å². The van der Waals surface area contributed by atoms with Crippen LogP contribution in [0.2, 0.25) is 0 Å². The Bertz CT molecular complexity index is 388. The van der Waals surface area contributed by atoms with Gasteiger partial charge in [0.15, 0.2) is 0 Å². The van der Waals surface area contributed by atoms with E-state index >= 15 is 0 Å². The summed E-state index contributed by atoms with van der Waals surface area (Å²) in [6.45, 7) is 10.1. The van der Waals surface area contributed by atoms with Gasteiger partial charge >= 0.3 is 0 Å². The zero-order chi connectivity index (χ0) is 13.8. The summed E-state index contributed by atoms with van der Waals surface area (Å²) < 4.78 is 0. The molecule has 2 nitrogen and oxygen atoms in total. The van der Waals surface area contributed by atoms with Crippen LogP contribution in [0.5, 0.6) is 0 Å². The Morgan fingerprint density at radius 2 is 1.80 bits per heavy atom. The molecule has 1 aromatic carbocycles. The van der Waals surface area contributed by atoms with Crippen molar-refractivity contribution in [3.8, 4) is 0 Å². The van der Waals surface area contributed by atoms with Crippen molar-refractivity contribution in [3.63, 3.8) is 0 Å². The van der Waals surface area contributed by atoms with E-state index in [4.69, 9.17) is 5.73 Å². The zero-order valence-corrected chi connectivity index (χ0v) is 13.8. The second-order valence-corrected chi connectivity index (χ2v) is 6.58. The molecule has 0 radical (unpaired) electrons. The average molecular weight is 297 g/mol. The van der Waals surface area contributed by atoms with Crippen LogP contribution in [-0.2, 0) is 13.0 Å². The number of piperidine rings is 1. The molecule has 2 unspecified atom stereocenters. The van der Waals surface area contributed by atoms with E-state index in [1.54, 1.807) is 0 Å². The summed E-state index contributed by atoms with van der Waals surface area (Å²) in [6, 6.07) is 9.54. The standard InChI is InChI=1S/C17H28N2.ClH/c1-13(2)10-15-4-6-16(7-5-15)12-19-9-8-17(18)14(3)11-19;/h4-7,13-14,17H,8-12,18H2,1-3H3;1H. The number of hydrogen-bond acceptors (Lipinski definition) is 2. The zero-order valence-electron chi connectivity index (χ0n) is 13.0. The summed E-state index contributed by atoms with van der Waals surface area (Å²) in [5.41, 5.74) is 8.95. The molecular weight excluding hydrogens is 268 g/mol. The van der Waals surface area contributed by atoms with Crippen molar-refractivity contribution < 1.29 is 0 Å². The van der Waals surface area contributed by atoms with E-state index in [-0.39, 0.29) is 12.4 Å². The molecule has 1 fully saturated rings. The predicted octanol–water partition coefficient (Wildman–Crippen LogP) is 3.48. The van der Waals surface area contributed by atoms with Crippen molar-refractivity contribution in [2.75, 3.05) is 13.1 Å². The molecule has 1 saturated heterocycles. The van der Waals surface area contributed by atoms with E-state index in [2.05, 4.69) is 49.9 Å². The van der Waals surface area contributed by atoms with Crippen LogP contribution in [-0.4, -0.2) is 24.0 Å². The second-order valence-electron chi connectivity index (χ2n) is 6.58. The lowest BCUT2D eigenvalue weighted by molar-refractivity contribution is 0.158. The molecule has 0 spiro atoms. The van der Waals surface area contributed by atoms with Crippen LogP contribution >= 0.6 is 12.4 Å². The molecule has 2 atom stereocenters. The predicted molar refractivity (Wildman–Crippen MR) is 89.3 cm³/mol. The highest BCUT2D eigenvalue weighted by molar-refractivity contribution is 5.85. The van der Waals surface area contributed by atoms with Gasteiger partial charge in [0, 0.05) is 19.1 Å². The SMILES string of the molecule is CC(C)Cc1ccc(CN2CCC(N)C(C)C2)cc1.Cl. The third-order valence-electron chi connectivity index (χ3n) is 4.13. The van der Waals surface area contributed by atoms with Crippen LogP contribution in [0.25, 0.3) is 0 Å². The first-order chi connectivity index (χ1) is 9.04. The molecule has 0 amide bonds. The van der Waals surface area contributed by atoms with Crippen LogP contribution in [0.15, 0.2) is 24.3 Å².